The molecule has 4 rings (SSSR count). The molecule has 2 spiro atoms. The largest absolute Gasteiger partial charge is 0.496 e. The molecule has 0 aromatic rings. The molecule has 1 amide bonds. The van der Waals surface area contributed by atoms with Gasteiger partial charge in [0.15, 0.2) is 5.76 Å². The van der Waals surface area contributed by atoms with Crippen LogP contribution in [0.1, 0.15) is 46.0 Å². The number of hydrogen-bond donors (Lipinski definition) is 0. The van der Waals surface area contributed by atoms with Crippen molar-refractivity contribution in [1.29, 1.82) is 0 Å². The second-order valence-electron chi connectivity index (χ2n) is 7.02. The number of rotatable bonds is 1. The van der Waals surface area contributed by atoms with Crippen LogP contribution in [0.4, 0.5) is 0 Å². The number of ketones is 1. The molecular formula is C18H21NO5. The SMILES string of the molecule is COC1=C(C)C(=O)O[C@]12C(=O)C(C)=C1CCCCN3C(=O)CC[C@@]132. The summed E-state index contributed by atoms with van der Waals surface area (Å²) in [6, 6.07) is 0. The van der Waals surface area contributed by atoms with Gasteiger partial charge in [-0.25, -0.2) is 4.79 Å². The Hall–Kier alpha value is -2.11. The van der Waals surface area contributed by atoms with Crippen molar-refractivity contribution in [3.8, 4) is 0 Å². The Morgan fingerprint density at radius 2 is 1.83 bits per heavy atom. The van der Waals surface area contributed by atoms with Gasteiger partial charge in [0.1, 0.15) is 5.54 Å². The lowest BCUT2D eigenvalue weighted by atomic mass is 9.73. The van der Waals surface area contributed by atoms with Crippen LogP contribution in [0.5, 0.6) is 0 Å². The lowest BCUT2D eigenvalue weighted by Crippen LogP contribution is -2.64. The Balaban J connectivity index is 2.05. The number of esters is 1. The number of ether oxygens (including phenoxy) is 2. The highest BCUT2D eigenvalue weighted by molar-refractivity contribution is 6.14. The van der Waals surface area contributed by atoms with Gasteiger partial charge in [0.2, 0.25) is 11.7 Å². The molecule has 2 fully saturated rings. The first-order valence-corrected chi connectivity index (χ1v) is 8.46. The van der Waals surface area contributed by atoms with Crippen molar-refractivity contribution in [2.24, 2.45) is 0 Å². The van der Waals surface area contributed by atoms with E-state index in [0.717, 1.165) is 24.8 Å². The van der Waals surface area contributed by atoms with Crippen molar-refractivity contribution in [3.63, 3.8) is 0 Å². The molecule has 0 aromatic carbocycles. The molecule has 0 saturated carbocycles. The van der Waals surface area contributed by atoms with E-state index in [1.807, 2.05) is 0 Å². The summed E-state index contributed by atoms with van der Waals surface area (Å²) in [6.07, 6.45) is 3.39. The molecule has 0 bridgehead atoms. The Morgan fingerprint density at radius 3 is 2.54 bits per heavy atom. The first-order valence-electron chi connectivity index (χ1n) is 8.46. The number of amides is 1. The fourth-order valence-electron chi connectivity index (χ4n) is 5.18. The van der Waals surface area contributed by atoms with E-state index < -0.39 is 17.1 Å². The van der Waals surface area contributed by atoms with Crippen molar-refractivity contribution in [2.45, 2.75) is 57.1 Å². The van der Waals surface area contributed by atoms with Crippen LogP contribution in [-0.4, -0.2) is 47.4 Å². The number of carbonyl (C=O) groups excluding carboxylic acids is 3. The van der Waals surface area contributed by atoms with Gasteiger partial charge in [0.05, 0.1) is 12.7 Å². The summed E-state index contributed by atoms with van der Waals surface area (Å²) in [4.78, 5) is 40.1. The predicted octanol–water partition coefficient (Wildman–Crippen LogP) is 1.65. The van der Waals surface area contributed by atoms with Crippen LogP contribution in [0, 0.1) is 0 Å². The van der Waals surface area contributed by atoms with Crippen LogP contribution < -0.4 is 0 Å². The summed E-state index contributed by atoms with van der Waals surface area (Å²) in [5.41, 5.74) is -0.543. The van der Waals surface area contributed by atoms with Crippen molar-refractivity contribution in [2.75, 3.05) is 13.7 Å². The third-order valence-electron chi connectivity index (χ3n) is 6.13. The highest BCUT2D eigenvalue weighted by Gasteiger charge is 2.76. The molecule has 0 unspecified atom stereocenters. The van der Waals surface area contributed by atoms with Gasteiger partial charge in [0.25, 0.3) is 5.60 Å². The second-order valence-corrected chi connectivity index (χ2v) is 7.02. The Morgan fingerprint density at radius 1 is 1.08 bits per heavy atom. The zero-order chi connectivity index (χ0) is 17.3. The zero-order valence-corrected chi connectivity index (χ0v) is 14.2. The van der Waals surface area contributed by atoms with Gasteiger partial charge in [-0.1, -0.05) is 0 Å². The van der Waals surface area contributed by atoms with Crippen molar-refractivity contribution >= 4 is 17.7 Å². The summed E-state index contributed by atoms with van der Waals surface area (Å²) < 4.78 is 11.3. The van der Waals surface area contributed by atoms with E-state index >= 15 is 0 Å². The van der Waals surface area contributed by atoms with Gasteiger partial charge in [-0.3, -0.25) is 9.59 Å². The summed E-state index contributed by atoms with van der Waals surface area (Å²) in [5.74, 6) is -0.478. The molecule has 6 heteroatoms. The number of Topliss-reactive ketones (excluding diaryl/α,β-unsaturated/α-hetero) is 1. The first kappa shape index (κ1) is 15.4. The molecule has 4 aliphatic rings. The highest BCUT2D eigenvalue weighted by Crippen LogP contribution is 2.60. The zero-order valence-electron chi connectivity index (χ0n) is 14.2. The molecule has 2 saturated heterocycles. The maximum Gasteiger partial charge on any atom is 0.338 e. The molecule has 24 heavy (non-hydrogen) atoms. The van der Waals surface area contributed by atoms with Crippen LogP contribution in [-0.2, 0) is 23.9 Å². The number of methoxy groups -OCH3 is 1. The molecule has 3 heterocycles. The van der Waals surface area contributed by atoms with E-state index in [1.54, 1.807) is 18.7 Å². The average Bonchev–Trinajstić information content (AvgIpc) is 3.00. The molecular weight excluding hydrogens is 310 g/mol. The maximum atomic E-state index is 13.3. The first-order chi connectivity index (χ1) is 11.4. The Bertz CT molecular complexity index is 749. The Labute approximate surface area is 140 Å². The monoisotopic (exact) mass is 331 g/mol. The fraction of sp³-hybridized carbons (Fsp3) is 0.611. The van der Waals surface area contributed by atoms with Crippen molar-refractivity contribution in [3.05, 3.63) is 22.5 Å². The minimum atomic E-state index is -1.53. The van der Waals surface area contributed by atoms with E-state index in [4.69, 9.17) is 9.47 Å². The lowest BCUT2D eigenvalue weighted by Gasteiger charge is -2.45. The van der Waals surface area contributed by atoms with Crippen LogP contribution in [0.15, 0.2) is 22.5 Å². The predicted molar refractivity (Wildman–Crippen MR) is 83.8 cm³/mol. The third kappa shape index (κ3) is 1.41. The molecule has 0 aromatic heterocycles. The fourth-order valence-corrected chi connectivity index (χ4v) is 5.18. The van der Waals surface area contributed by atoms with Crippen LogP contribution in [0.2, 0.25) is 0 Å². The second kappa shape index (κ2) is 4.71. The topological polar surface area (TPSA) is 72.9 Å². The number of hydrogen-bond acceptors (Lipinski definition) is 5. The van der Waals surface area contributed by atoms with Crippen LogP contribution in [0.3, 0.4) is 0 Å². The summed E-state index contributed by atoms with van der Waals surface area (Å²) >= 11 is 0. The summed E-state index contributed by atoms with van der Waals surface area (Å²) in [6.45, 7) is 3.98. The third-order valence-corrected chi connectivity index (χ3v) is 6.13. The molecule has 3 aliphatic heterocycles. The van der Waals surface area contributed by atoms with E-state index in [2.05, 4.69) is 0 Å². The van der Waals surface area contributed by atoms with Gasteiger partial charge in [-0.15, -0.1) is 0 Å². The van der Waals surface area contributed by atoms with Gasteiger partial charge in [0, 0.05) is 13.0 Å². The smallest absolute Gasteiger partial charge is 0.338 e. The van der Waals surface area contributed by atoms with Crippen molar-refractivity contribution < 1.29 is 23.9 Å². The maximum absolute atomic E-state index is 13.3. The molecule has 2 atom stereocenters. The van der Waals surface area contributed by atoms with Crippen molar-refractivity contribution in [1.82, 2.24) is 4.90 Å². The molecule has 0 N–H and O–H groups in total. The van der Waals surface area contributed by atoms with Gasteiger partial charge in [-0.05, 0) is 50.7 Å². The van der Waals surface area contributed by atoms with E-state index in [1.165, 1.54) is 7.11 Å². The van der Waals surface area contributed by atoms with Crippen LogP contribution >= 0.6 is 0 Å². The van der Waals surface area contributed by atoms with E-state index in [-0.39, 0.29) is 17.4 Å². The minimum absolute atomic E-state index is 0.0207. The lowest BCUT2D eigenvalue weighted by molar-refractivity contribution is -0.168. The number of nitrogens with zero attached hydrogens (tertiary/aromatic N) is 1. The normalized spacial score (nSPS) is 35.6. The van der Waals surface area contributed by atoms with Gasteiger partial charge >= 0.3 is 5.97 Å². The highest BCUT2D eigenvalue weighted by atomic mass is 16.6. The van der Waals surface area contributed by atoms with E-state index in [0.29, 0.717) is 30.5 Å². The molecule has 128 valence electrons. The van der Waals surface area contributed by atoms with Gasteiger partial charge in [-0.2, -0.15) is 0 Å². The van der Waals surface area contributed by atoms with Gasteiger partial charge < -0.3 is 14.4 Å². The quantitative estimate of drug-likeness (QED) is 0.683. The van der Waals surface area contributed by atoms with E-state index in [9.17, 15) is 14.4 Å². The Kier molecular flexibility index (Phi) is 3.03. The minimum Gasteiger partial charge on any atom is -0.496 e. The molecule has 0 radical (unpaired) electrons. The summed E-state index contributed by atoms with van der Waals surface area (Å²) in [5, 5.41) is 0. The van der Waals surface area contributed by atoms with Crippen LogP contribution in [0.25, 0.3) is 0 Å². The summed E-state index contributed by atoms with van der Waals surface area (Å²) in [7, 11) is 1.46. The molecule has 6 nitrogen and oxygen atoms in total. The molecule has 1 aliphatic carbocycles. The number of carbonyl (C=O) groups is 3. The average molecular weight is 331 g/mol. The standard InChI is InChI=1S/C18H21NO5/c1-10-12-6-4-5-9-19-13(20)7-8-17(12,19)18(14(10)21)15(23-3)11(2)16(22)24-18/h4-9H2,1-3H3/t17-,18+/m0/s1.